The first-order chi connectivity index (χ1) is 11.8. The van der Waals surface area contributed by atoms with Crippen LogP contribution in [0, 0.1) is 0 Å². The van der Waals surface area contributed by atoms with E-state index in [2.05, 4.69) is 5.32 Å². The molecule has 2 rings (SSSR count). The molecule has 0 radical (unpaired) electrons. The smallest absolute Gasteiger partial charge is 0.331 e. The molecule has 1 aliphatic rings. The normalized spacial score (nSPS) is 18.6. The second kappa shape index (κ2) is 7.55. The molecule has 0 fully saturated rings. The van der Waals surface area contributed by atoms with Gasteiger partial charge in [-0.2, -0.15) is 0 Å². The summed E-state index contributed by atoms with van der Waals surface area (Å²) in [5, 5.41) is 2.70. The fraction of sp³-hybridized carbons (Fsp3) is 0.500. The van der Waals surface area contributed by atoms with Crippen LogP contribution < -0.4 is 15.0 Å². The lowest BCUT2D eigenvalue weighted by molar-refractivity contribution is -0.150. The number of carbonyl (C=O) groups excluding carboxylic acids is 3. The molecule has 0 saturated heterocycles. The number of carbonyl (C=O) groups is 3. The van der Waals surface area contributed by atoms with Crippen LogP contribution in [0.5, 0.6) is 5.75 Å². The van der Waals surface area contributed by atoms with E-state index in [9.17, 15) is 14.4 Å². The van der Waals surface area contributed by atoms with Gasteiger partial charge in [-0.25, -0.2) is 4.79 Å². The molecule has 2 amide bonds. The molecule has 0 spiro atoms. The van der Waals surface area contributed by atoms with Crippen LogP contribution in [0.1, 0.15) is 33.6 Å². The first-order valence-corrected chi connectivity index (χ1v) is 8.29. The number of nitrogens with one attached hydrogen (secondary N) is 1. The molecule has 2 atom stereocenters. The van der Waals surface area contributed by atoms with Gasteiger partial charge in [0.05, 0.1) is 12.8 Å². The van der Waals surface area contributed by atoms with Gasteiger partial charge in [-0.3, -0.25) is 9.59 Å². The lowest BCUT2D eigenvalue weighted by Gasteiger charge is -2.33. The Kier molecular flexibility index (Phi) is 5.66. The van der Waals surface area contributed by atoms with E-state index in [0.717, 1.165) is 0 Å². The molecule has 136 valence electrons. The Hall–Kier alpha value is -2.57. The van der Waals surface area contributed by atoms with E-state index in [-0.39, 0.29) is 24.8 Å². The lowest BCUT2D eigenvalue weighted by atomic mass is 9.99. The number of esters is 1. The van der Waals surface area contributed by atoms with Crippen LogP contribution in [0.4, 0.5) is 5.69 Å². The molecule has 0 aliphatic carbocycles. The molecule has 7 heteroatoms. The summed E-state index contributed by atoms with van der Waals surface area (Å²) in [6.07, 6.45) is -0.129. The van der Waals surface area contributed by atoms with Crippen molar-refractivity contribution >= 4 is 23.5 Å². The molecular weight excluding hydrogens is 324 g/mol. The van der Waals surface area contributed by atoms with Crippen LogP contribution in [0.25, 0.3) is 0 Å². The fourth-order valence-electron chi connectivity index (χ4n) is 2.68. The van der Waals surface area contributed by atoms with Gasteiger partial charge in [-0.1, -0.05) is 19.1 Å². The van der Waals surface area contributed by atoms with E-state index in [1.54, 1.807) is 37.8 Å². The predicted molar refractivity (Wildman–Crippen MR) is 92.4 cm³/mol. The van der Waals surface area contributed by atoms with E-state index < -0.39 is 17.6 Å². The third-order valence-electron chi connectivity index (χ3n) is 4.39. The van der Waals surface area contributed by atoms with Crippen molar-refractivity contribution in [1.29, 1.82) is 0 Å². The summed E-state index contributed by atoms with van der Waals surface area (Å²) in [6.45, 7) is 5.29. The summed E-state index contributed by atoms with van der Waals surface area (Å²) in [6, 6.07) is 7.21. The molecule has 1 aromatic carbocycles. The van der Waals surface area contributed by atoms with Crippen LogP contribution in [0.2, 0.25) is 0 Å². The van der Waals surface area contributed by atoms with Crippen molar-refractivity contribution < 1.29 is 23.9 Å². The standard InChI is InChI=1S/C18H24N2O5/c1-5-18(3,17(23)24-4)19-15(21)10-11-20-13-8-6-7-9-14(13)25-12(2)16(20)22/h6-9,12H,5,10-11H2,1-4H3,(H,19,21)/t12-,18+/m0/s1. The fourth-order valence-corrected chi connectivity index (χ4v) is 2.68. The molecule has 7 nitrogen and oxygen atoms in total. The Balaban J connectivity index is 2.06. The molecule has 25 heavy (non-hydrogen) atoms. The Morgan fingerprint density at radius 2 is 2.04 bits per heavy atom. The summed E-state index contributed by atoms with van der Waals surface area (Å²) in [5.41, 5.74) is -0.434. The van der Waals surface area contributed by atoms with E-state index in [0.29, 0.717) is 17.9 Å². The van der Waals surface area contributed by atoms with Gasteiger partial charge in [-0.15, -0.1) is 0 Å². The van der Waals surface area contributed by atoms with Gasteiger partial charge in [0.1, 0.15) is 11.3 Å². The van der Waals surface area contributed by atoms with Crippen LogP contribution in [0.15, 0.2) is 24.3 Å². The Morgan fingerprint density at radius 1 is 1.36 bits per heavy atom. The number of ether oxygens (including phenoxy) is 2. The topological polar surface area (TPSA) is 84.9 Å². The zero-order valence-corrected chi connectivity index (χ0v) is 15.0. The molecule has 1 heterocycles. The quantitative estimate of drug-likeness (QED) is 0.790. The number of fused-ring (bicyclic) bond motifs is 1. The molecule has 1 N–H and O–H groups in total. The highest BCUT2D eigenvalue weighted by Gasteiger charge is 2.35. The van der Waals surface area contributed by atoms with Crippen LogP contribution in [-0.4, -0.2) is 43.1 Å². The summed E-state index contributed by atoms with van der Waals surface area (Å²) in [5.74, 6) is -0.398. The summed E-state index contributed by atoms with van der Waals surface area (Å²) < 4.78 is 10.3. The van der Waals surface area contributed by atoms with Crippen molar-refractivity contribution in [3.8, 4) is 5.75 Å². The van der Waals surface area contributed by atoms with Crippen molar-refractivity contribution in [3.05, 3.63) is 24.3 Å². The number of nitrogens with zero attached hydrogens (tertiary/aromatic N) is 1. The largest absolute Gasteiger partial charge is 0.479 e. The number of benzene rings is 1. The maximum absolute atomic E-state index is 12.4. The summed E-state index contributed by atoms with van der Waals surface area (Å²) in [4.78, 5) is 38.1. The highest BCUT2D eigenvalue weighted by atomic mass is 16.5. The van der Waals surface area contributed by atoms with Crippen LogP contribution in [-0.2, 0) is 19.1 Å². The van der Waals surface area contributed by atoms with E-state index in [4.69, 9.17) is 9.47 Å². The average Bonchev–Trinajstić information content (AvgIpc) is 2.61. The monoisotopic (exact) mass is 348 g/mol. The number of hydrogen-bond donors (Lipinski definition) is 1. The first-order valence-electron chi connectivity index (χ1n) is 8.29. The minimum atomic E-state index is -1.08. The van der Waals surface area contributed by atoms with Gasteiger partial charge in [0.25, 0.3) is 5.91 Å². The third-order valence-corrected chi connectivity index (χ3v) is 4.39. The number of amides is 2. The number of rotatable bonds is 6. The van der Waals surface area contributed by atoms with Crippen molar-refractivity contribution in [1.82, 2.24) is 5.32 Å². The number of methoxy groups -OCH3 is 1. The van der Waals surface area contributed by atoms with Crippen molar-refractivity contribution in [2.24, 2.45) is 0 Å². The number of hydrogen-bond acceptors (Lipinski definition) is 5. The molecule has 0 aromatic heterocycles. The van der Waals surface area contributed by atoms with Crippen molar-refractivity contribution in [2.45, 2.75) is 45.3 Å². The van der Waals surface area contributed by atoms with Crippen LogP contribution >= 0.6 is 0 Å². The Morgan fingerprint density at radius 3 is 2.68 bits per heavy atom. The second-order valence-electron chi connectivity index (χ2n) is 6.19. The molecule has 0 bridgehead atoms. The molecule has 0 saturated carbocycles. The Bertz CT molecular complexity index is 675. The number of para-hydroxylation sites is 2. The van der Waals surface area contributed by atoms with Gasteiger partial charge in [-0.05, 0) is 32.4 Å². The van der Waals surface area contributed by atoms with Crippen molar-refractivity contribution in [2.75, 3.05) is 18.6 Å². The van der Waals surface area contributed by atoms with Gasteiger partial charge in [0, 0.05) is 13.0 Å². The Labute approximate surface area is 147 Å². The van der Waals surface area contributed by atoms with Gasteiger partial charge >= 0.3 is 5.97 Å². The van der Waals surface area contributed by atoms with Gasteiger partial charge < -0.3 is 19.7 Å². The second-order valence-corrected chi connectivity index (χ2v) is 6.19. The molecular formula is C18H24N2O5. The van der Waals surface area contributed by atoms with E-state index >= 15 is 0 Å². The van der Waals surface area contributed by atoms with E-state index in [1.165, 1.54) is 7.11 Å². The highest BCUT2D eigenvalue weighted by molar-refractivity contribution is 6.00. The maximum Gasteiger partial charge on any atom is 0.331 e. The third kappa shape index (κ3) is 3.92. The number of anilines is 1. The SMILES string of the molecule is CC[C@@](C)(NC(=O)CCN1C(=O)[C@H](C)Oc2ccccc21)C(=O)OC. The van der Waals surface area contributed by atoms with Crippen molar-refractivity contribution in [3.63, 3.8) is 0 Å². The zero-order chi connectivity index (χ0) is 18.6. The molecule has 0 unspecified atom stereocenters. The minimum Gasteiger partial charge on any atom is -0.479 e. The molecule has 1 aliphatic heterocycles. The average molecular weight is 348 g/mol. The minimum absolute atomic E-state index is 0.0688. The summed E-state index contributed by atoms with van der Waals surface area (Å²) >= 11 is 0. The van der Waals surface area contributed by atoms with E-state index in [1.807, 2.05) is 12.1 Å². The van der Waals surface area contributed by atoms with Gasteiger partial charge in [0.15, 0.2) is 6.10 Å². The predicted octanol–water partition coefficient (Wildman–Crippen LogP) is 1.65. The highest BCUT2D eigenvalue weighted by Crippen LogP contribution is 2.33. The zero-order valence-electron chi connectivity index (χ0n) is 15.0. The maximum atomic E-state index is 12.4. The van der Waals surface area contributed by atoms with Crippen LogP contribution in [0.3, 0.4) is 0 Å². The lowest BCUT2D eigenvalue weighted by Crippen LogP contribution is -2.53. The first kappa shape index (κ1) is 18.8. The molecule has 1 aromatic rings. The van der Waals surface area contributed by atoms with Gasteiger partial charge in [0.2, 0.25) is 5.91 Å². The summed E-state index contributed by atoms with van der Waals surface area (Å²) in [7, 11) is 1.28.